The molecule has 1 heterocycles. The number of amides is 2. The van der Waals surface area contributed by atoms with Gasteiger partial charge in [-0.25, -0.2) is 4.98 Å². The number of aromatic nitrogens is 1. The summed E-state index contributed by atoms with van der Waals surface area (Å²) in [5.41, 5.74) is 5.73. The first-order valence-corrected chi connectivity index (χ1v) is 7.11. The molecule has 0 aliphatic heterocycles. The van der Waals surface area contributed by atoms with Crippen molar-refractivity contribution < 1.29 is 9.59 Å². The van der Waals surface area contributed by atoms with E-state index in [1.165, 1.54) is 11.3 Å². The lowest BCUT2D eigenvalue weighted by atomic mass is 10.2. The standard InChI is InChI=1S/C12H20N4O2S/c1-4-7(2)14-11(17)8(3)15-12(18)9-6-19-10(5-13)16-9/h6-8H,4-5,13H2,1-3H3,(H,14,17)(H,15,18). The van der Waals surface area contributed by atoms with Crippen LogP contribution in [0, 0.1) is 0 Å². The fourth-order valence-corrected chi connectivity index (χ4v) is 1.97. The molecule has 19 heavy (non-hydrogen) atoms. The minimum absolute atomic E-state index is 0.0926. The molecule has 7 heteroatoms. The van der Waals surface area contributed by atoms with Gasteiger partial charge in [0.2, 0.25) is 5.91 Å². The molecule has 0 saturated carbocycles. The van der Waals surface area contributed by atoms with Crippen LogP contribution < -0.4 is 16.4 Å². The molecule has 2 atom stereocenters. The molecule has 0 aliphatic rings. The van der Waals surface area contributed by atoms with E-state index in [1.807, 2.05) is 13.8 Å². The molecular weight excluding hydrogens is 264 g/mol. The van der Waals surface area contributed by atoms with Gasteiger partial charge in [0, 0.05) is 18.0 Å². The van der Waals surface area contributed by atoms with E-state index in [0.717, 1.165) is 6.42 Å². The third-order valence-corrected chi connectivity index (χ3v) is 3.57. The average Bonchev–Trinajstić information content (AvgIpc) is 2.87. The second kappa shape index (κ2) is 7.20. The number of hydrogen-bond acceptors (Lipinski definition) is 5. The molecule has 1 aromatic rings. The van der Waals surface area contributed by atoms with Crippen molar-refractivity contribution in [3.63, 3.8) is 0 Å². The van der Waals surface area contributed by atoms with E-state index in [4.69, 9.17) is 5.73 Å². The minimum Gasteiger partial charge on any atom is -0.352 e. The van der Waals surface area contributed by atoms with Crippen molar-refractivity contribution in [3.8, 4) is 0 Å². The van der Waals surface area contributed by atoms with Gasteiger partial charge in [-0.15, -0.1) is 11.3 Å². The summed E-state index contributed by atoms with van der Waals surface area (Å²) in [5.74, 6) is -0.556. The number of rotatable bonds is 6. The topological polar surface area (TPSA) is 97.1 Å². The predicted octanol–water partition coefficient (Wildman–Crippen LogP) is 0.635. The lowest BCUT2D eigenvalue weighted by molar-refractivity contribution is -0.123. The third kappa shape index (κ3) is 4.60. The van der Waals surface area contributed by atoms with Crippen LogP contribution in [0.15, 0.2) is 5.38 Å². The second-order valence-electron chi connectivity index (χ2n) is 4.34. The van der Waals surface area contributed by atoms with Gasteiger partial charge in [0.25, 0.3) is 5.91 Å². The molecule has 6 nitrogen and oxygen atoms in total. The van der Waals surface area contributed by atoms with Gasteiger partial charge in [-0.1, -0.05) is 6.92 Å². The van der Waals surface area contributed by atoms with Crippen molar-refractivity contribution in [1.82, 2.24) is 15.6 Å². The van der Waals surface area contributed by atoms with Crippen LogP contribution in [-0.4, -0.2) is 28.9 Å². The molecule has 0 aromatic carbocycles. The number of nitrogens with two attached hydrogens (primary N) is 1. The third-order valence-electron chi connectivity index (χ3n) is 2.70. The number of carbonyl (C=O) groups excluding carboxylic acids is 2. The molecular formula is C12H20N4O2S. The van der Waals surface area contributed by atoms with Gasteiger partial charge in [-0.05, 0) is 20.3 Å². The fraction of sp³-hybridized carbons (Fsp3) is 0.583. The SMILES string of the molecule is CCC(C)NC(=O)C(C)NC(=O)c1csc(CN)n1. The van der Waals surface area contributed by atoms with E-state index in [1.54, 1.807) is 12.3 Å². The summed E-state index contributed by atoms with van der Waals surface area (Å²) in [4.78, 5) is 27.7. The summed E-state index contributed by atoms with van der Waals surface area (Å²) in [6.07, 6.45) is 0.846. The molecule has 0 radical (unpaired) electrons. The lowest BCUT2D eigenvalue weighted by Crippen LogP contribution is -2.47. The van der Waals surface area contributed by atoms with Crippen molar-refractivity contribution in [2.45, 2.75) is 45.8 Å². The maximum Gasteiger partial charge on any atom is 0.271 e. The van der Waals surface area contributed by atoms with E-state index in [0.29, 0.717) is 17.2 Å². The Kier molecular flexibility index (Phi) is 5.91. The van der Waals surface area contributed by atoms with E-state index in [2.05, 4.69) is 15.6 Å². The summed E-state index contributed by atoms with van der Waals surface area (Å²) in [6.45, 7) is 5.85. The molecule has 1 rings (SSSR count). The van der Waals surface area contributed by atoms with Gasteiger partial charge in [0.15, 0.2) is 0 Å². The number of hydrogen-bond donors (Lipinski definition) is 3. The summed E-state index contributed by atoms with van der Waals surface area (Å²) in [5, 5.41) is 7.76. The first-order chi connectivity index (χ1) is 8.97. The average molecular weight is 284 g/mol. The normalized spacial score (nSPS) is 13.7. The van der Waals surface area contributed by atoms with Crippen LogP contribution in [0.4, 0.5) is 0 Å². The van der Waals surface area contributed by atoms with Crippen LogP contribution in [0.25, 0.3) is 0 Å². The Morgan fingerprint density at radius 2 is 2.11 bits per heavy atom. The minimum atomic E-state index is -0.593. The number of nitrogens with zero attached hydrogens (tertiary/aromatic N) is 1. The van der Waals surface area contributed by atoms with Gasteiger partial charge >= 0.3 is 0 Å². The monoisotopic (exact) mass is 284 g/mol. The van der Waals surface area contributed by atoms with Crippen LogP contribution in [0.3, 0.4) is 0 Å². The Morgan fingerprint density at radius 3 is 2.63 bits per heavy atom. The number of nitrogens with one attached hydrogen (secondary N) is 2. The Labute approximate surface area is 116 Å². The smallest absolute Gasteiger partial charge is 0.271 e. The molecule has 0 spiro atoms. The van der Waals surface area contributed by atoms with E-state index < -0.39 is 6.04 Å². The van der Waals surface area contributed by atoms with Gasteiger partial charge in [0.05, 0.1) is 0 Å². The van der Waals surface area contributed by atoms with Crippen molar-refractivity contribution in [2.24, 2.45) is 5.73 Å². The molecule has 106 valence electrons. The van der Waals surface area contributed by atoms with Gasteiger partial charge < -0.3 is 16.4 Å². The largest absolute Gasteiger partial charge is 0.352 e. The zero-order valence-corrected chi connectivity index (χ0v) is 12.2. The Hall–Kier alpha value is -1.47. The Bertz CT molecular complexity index is 447. The van der Waals surface area contributed by atoms with Crippen LogP contribution in [-0.2, 0) is 11.3 Å². The maximum atomic E-state index is 11.9. The summed E-state index contributed by atoms with van der Waals surface area (Å²) < 4.78 is 0. The molecule has 0 bridgehead atoms. The molecule has 0 saturated heterocycles. The first kappa shape index (κ1) is 15.6. The van der Waals surface area contributed by atoms with Crippen molar-refractivity contribution in [1.29, 1.82) is 0 Å². The first-order valence-electron chi connectivity index (χ1n) is 6.23. The Balaban J connectivity index is 2.53. The highest BCUT2D eigenvalue weighted by Crippen LogP contribution is 2.08. The molecule has 4 N–H and O–H groups in total. The van der Waals surface area contributed by atoms with E-state index in [-0.39, 0.29) is 17.9 Å². The fourth-order valence-electron chi connectivity index (χ4n) is 1.31. The summed E-state index contributed by atoms with van der Waals surface area (Å²) >= 11 is 1.33. The molecule has 1 aromatic heterocycles. The van der Waals surface area contributed by atoms with Crippen LogP contribution in [0.5, 0.6) is 0 Å². The number of thiazole rings is 1. The van der Waals surface area contributed by atoms with Gasteiger partial charge in [-0.2, -0.15) is 0 Å². The zero-order chi connectivity index (χ0) is 14.4. The van der Waals surface area contributed by atoms with E-state index in [9.17, 15) is 9.59 Å². The molecule has 0 fully saturated rings. The molecule has 2 amide bonds. The highest BCUT2D eigenvalue weighted by atomic mass is 32.1. The summed E-state index contributed by atoms with van der Waals surface area (Å²) in [6, 6.07) is -0.500. The van der Waals surface area contributed by atoms with Crippen molar-refractivity contribution >= 4 is 23.2 Å². The maximum absolute atomic E-state index is 11.9. The summed E-state index contributed by atoms with van der Waals surface area (Å²) in [7, 11) is 0. The second-order valence-corrected chi connectivity index (χ2v) is 5.29. The number of carbonyl (C=O) groups is 2. The van der Waals surface area contributed by atoms with E-state index >= 15 is 0 Å². The Morgan fingerprint density at radius 1 is 1.42 bits per heavy atom. The lowest BCUT2D eigenvalue weighted by Gasteiger charge is -2.16. The predicted molar refractivity (Wildman–Crippen MR) is 74.8 cm³/mol. The van der Waals surface area contributed by atoms with Gasteiger partial charge in [0.1, 0.15) is 16.7 Å². The van der Waals surface area contributed by atoms with Crippen molar-refractivity contribution in [3.05, 3.63) is 16.1 Å². The van der Waals surface area contributed by atoms with Crippen molar-refractivity contribution in [2.75, 3.05) is 0 Å². The van der Waals surface area contributed by atoms with Crippen LogP contribution in [0.2, 0.25) is 0 Å². The molecule has 2 unspecified atom stereocenters. The quantitative estimate of drug-likeness (QED) is 0.714. The highest BCUT2D eigenvalue weighted by molar-refractivity contribution is 7.09. The molecule has 0 aliphatic carbocycles. The van der Waals surface area contributed by atoms with Crippen LogP contribution in [0.1, 0.15) is 42.7 Å². The van der Waals surface area contributed by atoms with Gasteiger partial charge in [-0.3, -0.25) is 9.59 Å². The highest BCUT2D eigenvalue weighted by Gasteiger charge is 2.19. The zero-order valence-electron chi connectivity index (χ0n) is 11.4. The van der Waals surface area contributed by atoms with Crippen LogP contribution >= 0.6 is 11.3 Å².